The molecule has 0 fully saturated rings. The van der Waals surface area contributed by atoms with E-state index in [-0.39, 0.29) is 6.61 Å². The second-order valence-electron chi connectivity index (χ2n) is 6.15. The number of carbonyl (C=O) groups is 2. The lowest BCUT2D eigenvalue weighted by Crippen LogP contribution is -2.13. The van der Waals surface area contributed by atoms with Gasteiger partial charge in [-0.05, 0) is 41.7 Å². The summed E-state index contributed by atoms with van der Waals surface area (Å²) >= 11 is 0. The fourth-order valence-electron chi connectivity index (χ4n) is 3.25. The Morgan fingerprint density at radius 2 is 1.81 bits per heavy atom. The molecule has 0 saturated heterocycles. The van der Waals surface area contributed by atoms with Gasteiger partial charge in [0.15, 0.2) is 6.29 Å². The highest BCUT2D eigenvalue weighted by Crippen LogP contribution is 2.40. The van der Waals surface area contributed by atoms with Crippen LogP contribution in [0.1, 0.15) is 27.0 Å². The summed E-state index contributed by atoms with van der Waals surface area (Å²) in [7, 11) is 3.13. The van der Waals surface area contributed by atoms with E-state index in [4.69, 9.17) is 14.2 Å². The van der Waals surface area contributed by atoms with Crippen molar-refractivity contribution in [2.24, 2.45) is 5.92 Å². The zero-order valence-electron chi connectivity index (χ0n) is 14.7. The lowest BCUT2D eigenvalue weighted by atomic mass is 10.0. The van der Waals surface area contributed by atoms with Crippen molar-refractivity contribution in [3.8, 4) is 17.2 Å². The first kappa shape index (κ1) is 17.8. The predicted molar refractivity (Wildman–Crippen MR) is 94.2 cm³/mol. The molecule has 6 heteroatoms. The molecule has 26 heavy (non-hydrogen) atoms. The Bertz CT molecular complexity index is 825. The number of carboxylic acid groups (broad SMARTS) is 1. The molecule has 0 radical (unpaired) electrons. The van der Waals surface area contributed by atoms with Gasteiger partial charge in [0.1, 0.15) is 23.9 Å². The van der Waals surface area contributed by atoms with E-state index in [1.165, 1.54) is 7.11 Å². The maximum absolute atomic E-state index is 11.7. The molecule has 0 saturated carbocycles. The minimum Gasteiger partial charge on any atom is -0.497 e. The highest BCUT2D eigenvalue weighted by molar-refractivity contribution is 5.85. The maximum atomic E-state index is 11.7. The average molecular weight is 356 g/mol. The summed E-state index contributed by atoms with van der Waals surface area (Å²) in [4.78, 5) is 23.0. The third kappa shape index (κ3) is 3.35. The fraction of sp³-hybridized carbons (Fsp3) is 0.300. The minimum absolute atomic E-state index is 0.273. The van der Waals surface area contributed by atoms with Gasteiger partial charge >= 0.3 is 5.97 Å². The van der Waals surface area contributed by atoms with Crippen molar-refractivity contribution < 1.29 is 28.9 Å². The SMILES string of the molecule is COc1ccc(COc2cc(OC)c3c(c2C=O)CC(C(=O)O)C3)cc1. The summed E-state index contributed by atoms with van der Waals surface area (Å²) < 4.78 is 16.4. The first-order valence-electron chi connectivity index (χ1n) is 8.23. The molecule has 1 aliphatic rings. The monoisotopic (exact) mass is 356 g/mol. The molecule has 2 aromatic carbocycles. The first-order chi connectivity index (χ1) is 12.6. The van der Waals surface area contributed by atoms with Crippen molar-refractivity contribution in [2.45, 2.75) is 19.4 Å². The van der Waals surface area contributed by atoms with Crippen LogP contribution in [0.2, 0.25) is 0 Å². The molecule has 1 atom stereocenters. The molecule has 6 nitrogen and oxygen atoms in total. The number of aldehydes is 1. The average Bonchev–Trinajstić information content (AvgIpc) is 3.11. The van der Waals surface area contributed by atoms with Crippen LogP contribution in [-0.4, -0.2) is 31.6 Å². The highest BCUT2D eigenvalue weighted by Gasteiger charge is 2.33. The molecule has 0 aliphatic heterocycles. The van der Waals surface area contributed by atoms with Crippen LogP contribution in [0.15, 0.2) is 30.3 Å². The zero-order chi connectivity index (χ0) is 18.7. The van der Waals surface area contributed by atoms with Crippen LogP contribution in [-0.2, 0) is 24.2 Å². The topological polar surface area (TPSA) is 82.1 Å². The van der Waals surface area contributed by atoms with Gasteiger partial charge in [0.2, 0.25) is 0 Å². The molecule has 0 spiro atoms. The van der Waals surface area contributed by atoms with Crippen molar-refractivity contribution in [1.29, 1.82) is 0 Å². The standard InChI is InChI=1S/C20H20O6/c1-24-14-5-3-12(4-6-14)11-26-19-9-18(25-2)16-8-13(20(22)23)7-15(16)17(19)10-21/h3-6,9-10,13H,7-8,11H2,1-2H3,(H,22,23). The molecule has 0 heterocycles. The molecule has 1 N–H and O–H groups in total. The molecule has 0 bridgehead atoms. The summed E-state index contributed by atoms with van der Waals surface area (Å²) in [6, 6.07) is 9.09. The molecule has 3 rings (SSSR count). The first-order valence-corrected chi connectivity index (χ1v) is 8.23. The predicted octanol–water partition coefficient (Wildman–Crippen LogP) is 2.89. The Hall–Kier alpha value is -3.02. The maximum Gasteiger partial charge on any atom is 0.307 e. The lowest BCUT2D eigenvalue weighted by molar-refractivity contribution is -0.141. The Labute approximate surface area is 151 Å². The van der Waals surface area contributed by atoms with E-state index < -0.39 is 11.9 Å². The zero-order valence-corrected chi connectivity index (χ0v) is 14.7. The van der Waals surface area contributed by atoms with Crippen molar-refractivity contribution >= 4 is 12.3 Å². The largest absolute Gasteiger partial charge is 0.497 e. The van der Waals surface area contributed by atoms with Crippen molar-refractivity contribution in [3.05, 3.63) is 52.6 Å². The number of carbonyl (C=O) groups excluding carboxylic acids is 1. The van der Waals surface area contributed by atoms with Crippen LogP contribution in [0.3, 0.4) is 0 Å². The lowest BCUT2D eigenvalue weighted by Gasteiger charge is -2.15. The molecule has 0 aromatic heterocycles. The number of fused-ring (bicyclic) bond motifs is 1. The van der Waals surface area contributed by atoms with Gasteiger partial charge in [-0.1, -0.05) is 12.1 Å². The number of benzene rings is 2. The normalized spacial score (nSPS) is 15.2. The molecular formula is C20H20O6. The van der Waals surface area contributed by atoms with Gasteiger partial charge in [-0.15, -0.1) is 0 Å². The van der Waals surface area contributed by atoms with Crippen molar-refractivity contribution in [3.63, 3.8) is 0 Å². The van der Waals surface area contributed by atoms with Crippen LogP contribution in [0.4, 0.5) is 0 Å². The van der Waals surface area contributed by atoms with Gasteiger partial charge in [0.25, 0.3) is 0 Å². The van der Waals surface area contributed by atoms with Gasteiger partial charge in [0.05, 0.1) is 25.7 Å². The van der Waals surface area contributed by atoms with Crippen LogP contribution < -0.4 is 14.2 Å². The van der Waals surface area contributed by atoms with Crippen LogP contribution in [0.5, 0.6) is 17.2 Å². The van der Waals surface area contributed by atoms with Gasteiger partial charge in [-0.2, -0.15) is 0 Å². The van der Waals surface area contributed by atoms with Crippen LogP contribution >= 0.6 is 0 Å². The molecule has 0 amide bonds. The molecule has 1 unspecified atom stereocenters. The van der Waals surface area contributed by atoms with E-state index in [9.17, 15) is 14.7 Å². The summed E-state index contributed by atoms with van der Waals surface area (Å²) in [5, 5.41) is 9.31. The van der Waals surface area contributed by atoms with Gasteiger partial charge in [-0.25, -0.2) is 0 Å². The number of methoxy groups -OCH3 is 2. The molecule has 136 valence electrons. The second kappa shape index (κ2) is 7.47. The Morgan fingerprint density at radius 3 is 2.38 bits per heavy atom. The number of ether oxygens (including phenoxy) is 3. The van der Waals surface area contributed by atoms with Gasteiger partial charge in [0, 0.05) is 6.07 Å². The third-order valence-corrected chi connectivity index (χ3v) is 4.66. The Balaban J connectivity index is 1.88. The van der Waals surface area contributed by atoms with Crippen LogP contribution in [0.25, 0.3) is 0 Å². The number of hydrogen-bond acceptors (Lipinski definition) is 5. The van der Waals surface area contributed by atoms with E-state index in [0.29, 0.717) is 35.5 Å². The van der Waals surface area contributed by atoms with Crippen LogP contribution in [0, 0.1) is 5.92 Å². The molecule has 2 aromatic rings. The summed E-state index contributed by atoms with van der Waals surface area (Å²) in [6.45, 7) is 0.273. The van der Waals surface area contributed by atoms with Gasteiger partial charge < -0.3 is 19.3 Å². The third-order valence-electron chi connectivity index (χ3n) is 4.66. The highest BCUT2D eigenvalue weighted by atomic mass is 16.5. The number of carboxylic acids is 1. The quantitative estimate of drug-likeness (QED) is 0.768. The number of aliphatic carboxylic acids is 1. The van der Waals surface area contributed by atoms with E-state index >= 15 is 0 Å². The molecule has 1 aliphatic carbocycles. The van der Waals surface area contributed by atoms with E-state index in [1.807, 2.05) is 24.3 Å². The summed E-state index contributed by atoms with van der Waals surface area (Å²) in [5.74, 6) is 0.285. The summed E-state index contributed by atoms with van der Waals surface area (Å²) in [6.07, 6.45) is 1.38. The second-order valence-corrected chi connectivity index (χ2v) is 6.15. The number of rotatable bonds is 7. The summed E-state index contributed by atoms with van der Waals surface area (Å²) in [5.41, 5.74) is 2.80. The fourth-order valence-corrected chi connectivity index (χ4v) is 3.25. The van der Waals surface area contributed by atoms with E-state index in [1.54, 1.807) is 13.2 Å². The van der Waals surface area contributed by atoms with Crippen molar-refractivity contribution in [2.75, 3.05) is 14.2 Å². The number of hydrogen-bond donors (Lipinski definition) is 1. The molecular weight excluding hydrogens is 336 g/mol. The smallest absolute Gasteiger partial charge is 0.307 e. The van der Waals surface area contributed by atoms with E-state index in [2.05, 4.69) is 0 Å². The van der Waals surface area contributed by atoms with E-state index in [0.717, 1.165) is 23.2 Å². The van der Waals surface area contributed by atoms with Crippen molar-refractivity contribution in [1.82, 2.24) is 0 Å². The van der Waals surface area contributed by atoms with Gasteiger partial charge in [-0.3, -0.25) is 9.59 Å². The minimum atomic E-state index is -0.874. The Morgan fingerprint density at radius 1 is 1.12 bits per heavy atom. The Kier molecular flexibility index (Phi) is 5.11.